The summed E-state index contributed by atoms with van der Waals surface area (Å²) in [6.45, 7) is 1.78. The third kappa shape index (κ3) is 4.49. The molecule has 0 saturated carbocycles. The smallest absolute Gasteiger partial charge is 0.263 e. The maximum atomic E-state index is 13.2. The molecule has 0 saturated heterocycles. The Morgan fingerprint density at radius 3 is 2.78 bits per heavy atom. The lowest BCUT2D eigenvalue weighted by atomic mass is 10.0. The molecule has 0 fully saturated rings. The Bertz CT molecular complexity index is 1380. The van der Waals surface area contributed by atoms with Crippen LogP contribution in [0.1, 0.15) is 10.4 Å². The lowest BCUT2D eigenvalue weighted by molar-refractivity contribution is -0.121. The summed E-state index contributed by atoms with van der Waals surface area (Å²) in [6, 6.07) is 15.1. The first-order chi connectivity index (χ1) is 15.5. The standard InChI is InChI=1S/C23H19BrN4O3S/c1-14-20(16-6-4-3-5-7-16)21-22(32-14)25-13-28(23(21)30)12-19(29)27-26-11-15-8-9-18(31-2)17(24)10-15/h3-11,13H,12H2,1-2H3,(H,27,29)/b26-11+. The van der Waals surface area contributed by atoms with E-state index >= 15 is 0 Å². The molecule has 162 valence electrons. The molecule has 1 N–H and O–H groups in total. The van der Waals surface area contributed by atoms with Crippen molar-refractivity contribution in [3.63, 3.8) is 0 Å². The van der Waals surface area contributed by atoms with Gasteiger partial charge in [0.2, 0.25) is 0 Å². The number of hydrazone groups is 1. The van der Waals surface area contributed by atoms with Crippen molar-refractivity contribution in [1.82, 2.24) is 15.0 Å². The highest BCUT2D eigenvalue weighted by Crippen LogP contribution is 2.35. The van der Waals surface area contributed by atoms with E-state index in [-0.39, 0.29) is 12.1 Å². The Morgan fingerprint density at radius 2 is 2.06 bits per heavy atom. The van der Waals surface area contributed by atoms with E-state index in [1.165, 1.54) is 28.4 Å². The van der Waals surface area contributed by atoms with Crippen LogP contribution in [0.3, 0.4) is 0 Å². The van der Waals surface area contributed by atoms with Gasteiger partial charge in [0, 0.05) is 10.4 Å². The summed E-state index contributed by atoms with van der Waals surface area (Å²) in [5.74, 6) is 0.275. The molecule has 7 nitrogen and oxygen atoms in total. The van der Waals surface area contributed by atoms with Crippen LogP contribution in [0.25, 0.3) is 21.3 Å². The number of hydrogen-bond acceptors (Lipinski definition) is 6. The van der Waals surface area contributed by atoms with Gasteiger partial charge in [-0.2, -0.15) is 5.10 Å². The molecule has 0 aliphatic rings. The van der Waals surface area contributed by atoms with Crippen LogP contribution in [0.2, 0.25) is 0 Å². The molecular weight excluding hydrogens is 492 g/mol. The Balaban J connectivity index is 1.54. The van der Waals surface area contributed by atoms with Gasteiger partial charge in [0.1, 0.15) is 17.1 Å². The fraction of sp³-hybridized carbons (Fsp3) is 0.130. The third-order valence-corrected chi connectivity index (χ3v) is 6.44. The summed E-state index contributed by atoms with van der Waals surface area (Å²) in [5, 5.41) is 4.50. The van der Waals surface area contributed by atoms with Gasteiger partial charge in [-0.15, -0.1) is 11.3 Å². The molecule has 0 aliphatic carbocycles. The van der Waals surface area contributed by atoms with Gasteiger partial charge < -0.3 is 4.74 Å². The fourth-order valence-electron chi connectivity index (χ4n) is 3.33. The molecule has 2 heterocycles. The molecule has 0 aliphatic heterocycles. The number of aryl methyl sites for hydroxylation is 1. The zero-order valence-corrected chi connectivity index (χ0v) is 19.7. The number of carbonyl (C=O) groups is 1. The molecule has 0 unspecified atom stereocenters. The number of ether oxygens (including phenoxy) is 1. The highest BCUT2D eigenvalue weighted by Gasteiger charge is 2.17. The number of nitrogens with one attached hydrogen (secondary N) is 1. The minimum Gasteiger partial charge on any atom is -0.496 e. The van der Waals surface area contributed by atoms with Gasteiger partial charge in [0.15, 0.2) is 0 Å². The minimum absolute atomic E-state index is 0.186. The van der Waals surface area contributed by atoms with Crippen LogP contribution in [0.5, 0.6) is 5.75 Å². The quantitative estimate of drug-likeness (QED) is 0.308. The number of fused-ring (bicyclic) bond motifs is 1. The molecule has 2 aromatic carbocycles. The normalized spacial score (nSPS) is 11.2. The second-order valence-corrected chi connectivity index (χ2v) is 9.00. The van der Waals surface area contributed by atoms with Crippen LogP contribution >= 0.6 is 27.3 Å². The maximum absolute atomic E-state index is 13.2. The molecule has 0 spiro atoms. The van der Waals surface area contributed by atoms with E-state index in [1.54, 1.807) is 13.2 Å². The number of benzene rings is 2. The number of thiophene rings is 1. The molecule has 0 bridgehead atoms. The molecule has 4 rings (SSSR count). The van der Waals surface area contributed by atoms with Crippen molar-refractivity contribution in [2.45, 2.75) is 13.5 Å². The molecule has 1 amide bonds. The largest absolute Gasteiger partial charge is 0.496 e. The van der Waals surface area contributed by atoms with Gasteiger partial charge in [-0.05, 0) is 52.2 Å². The number of rotatable bonds is 6. The van der Waals surface area contributed by atoms with Crippen LogP contribution in [0, 0.1) is 6.92 Å². The van der Waals surface area contributed by atoms with Gasteiger partial charge in [0.05, 0.1) is 29.5 Å². The minimum atomic E-state index is -0.426. The molecule has 0 atom stereocenters. The van der Waals surface area contributed by atoms with Gasteiger partial charge in [-0.3, -0.25) is 14.2 Å². The first-order valence-corrected chi connectivity index (χ1v) is 11.3. The van der Waals surface area contributed by atoms with Crippen molar-refractivity contribution in [3.05, 3.63) is 80.1 Å². The SMILES string of the molecule is COc1ccc(/C=N/NC(=O)Cn2cnc3sc(C)c(-c4ccccc4)c3c2=O)cc1Br. The van der Waals surface area contributed by atoms with Crippen LogP contribution in [0.15, 0.2) is 69.2 Å². The second kappa shape index (κ2) is 9.46. The highest BCUT2D eigenvalue weighted by molar-refractivity contribution is 9.10. The number of aromatic nitrogens is 2. The molecule has 0 radical (unpaired) electrons. The maximum Gasteiger partial charge on any atom is 0.263 e. The Hall–Kier alpha value is -3.30. The van der Waals surface area contributed by atoms with Gasteiger partial charge in [0.25, 0.3) is 11.5 Å². The molecule has 4 aromatic rings. The summed E-state index contributed by atoms with van der Waals surface area (Å²) in [7, 11) is 1.59. The molecule has 32 heavy (non-hydrogen) atoms. The first kappa shape index (κ1) is 21.9. The van der Waals surface area contributed by atoms with Crippen LogP contribution in [0.4, 0.5) is 0 Å². The third-order valence-electron chi connectivity index (χ3n) is 4.81. The number of nitrogens with zero attached hydrogens (tertiary/aromatic N) is 3. The topological polar surface area (TPSA) is 85.6 Å². The van der Waals surface area contributed by atoms with Gasteiger partial charge in [-0.1, -0.05) is 30.3 Å². The Morgan fingerprint density at radius 1 is 1.28 bits per heavy atom. The average Bonchev–Trinajstić information content (AvgIpc) is 3.13. The van der Waals surface area contributed by atoms with Crippen LogP contribution < -0.4 is 15.7 Å². The number of hydrogen-bond donors (Lipinski definition) is 1. The number of methoxy groups -OCH3 is 1. The predicted molar refractivity (Wildman–Crippen MR) is 130 cm³/mol. The highest BCUT2D eigenvalue weighted by atomic mass is 79.9. The van der Waals surface area contributed by atoms with Crippen molar-refractivity contribution in [1.29, 1.82) is 0 Å². The van der Waals surface area contributed by atoms with E-state index in [0.29, 0.717) is 16.0 Å². The van der Waals surface area contributed by atoms with E-state index in [1.807, 2.05) is 49.4 Å². The van der Waals surface area contributed by atoms with E-state index in [4.69, 9.17) is 4.74 Å². The number of amides is 1. The lowest BCUT2D eigenvalue weighted by Gasteiger charge is -2.06. The Labute approximate surface area is 196 Å². The summed E-state index contributed by atoms with van der Waals surface area (Å²) in [4.78, 5) is 31.6. The van der Waals surface area contributed by atoms with E-state index < -0.39 is 5.91 Å². The van der Waals surface area contributed by atoms with Crippen LogP contribution in [-0.4, -0.2) is 28.8 Å². The van der Waals surface area contributed by atoms with E-state index in [9.17, 15) is 9.59 Å². The van der Waals surface area contributed by atoms with Gasteiger partial charge >= 0.3 is 0 Å². The van der Waals surface area contributed by atoms with E-state index in [0.717, 1.165) is 26.0 Å². The fourth-order valence-corrected chi connectivity index (χ4v) is 4.90. The first-order valence-electron chi connectivity index (χ1n) is 9.67. The summed E-state index contributed by atoms with van der Waals surface area (Å²) < 4.78 is 7.27. The summed E-state index contributed by atoms with van der Waals surface area (Å²) in [6.07, 6.45) is 2.92. The van der Waals surface area contributed by atoms with Crippen molar-refractivity contribution < 1.29 is 9.53 Å². The van der Waals surface area contributed by atoms with Crippen molar-refractivity contribution in [2.75, 3.05) is 7.11 Å². The van der Waals surface area contributed by atoms with E-state index in [2.05, 4.69) is 31.4 Å². The monoisotopic (exact) mass is 510 g/mol. The summed E-state index contributed by atoms with van der Waals surface area (Å²) in [5.41, 5.74) is 4.79. The molecule has 9 heteroatoms. The zero-order chi connectivity index (χ0) is 22.7. The zero-order valence-electron chi connectivity index (χ0n) is 17.3. The van der Waals surface area contributed by atoms with Crippen LogP contribution in [-0.2, 0) is 11.3 Å². The average molecular weight is 511 g/mol. The Kier molecular flexibility index (Phi) is 6.48. The summed E-state index contributed by atoms with van der Waals surface area (Å²) >= 11 is 4.88. The number of halogens is 1. The van der Waals surface area contributed by atoms with Crippen molar-refractivity contribution >= 4 is 49.6 Å². The van der Waals surface area contributed by atoms with Crippen molar-refractivity contribution in [2.24, 2.45) is 5.10 Å². The van der Waals surface area contributed by atoms with Gasteiger partial charge in [-0.25, -0.2) is 10.4 Å². The lowest BCUT2D eigenvalue weighted by Crippen LogP contribution is -2.30. The predicted octanol–water partition coefficient (Wildman–Crippen LogP) is 4.35. The molecular formula is C23H19BrN4O3S. The number of carbonyl (C=O) groups excluding carboxylic acids is 1. The second-order valence-electron chi connectivity index (χ2n) is 6.94. The molecule has 2 aromatic heterocycles. The van der Waals surface area contributed by atoms with Crippen molar-refractivity contribution in [3.8, 4) is 16.9 Å².